The summed E-state index contributed by atoms with van der Waals surface area (Å²) in [6.45, 7) is 8.31. The van der Waals surface area contributed by atoms with Gasteiger partial charge < -0.3 is 10.1 Å². The maximum atomic E-state index is 12.6. The van der Waals surface area contributed by atoms with E-state index in [1.165, 1.54) is 10.9 Å². The number of hydrogen-bond donors (Lipinski definition) is 1. The molecule has 7 heteroatoms. The van der Waals surface area contributed by atoms with Crippen LogP contribution in [0.15, 0.2) is 48.5 Å². The van der Waals surface area contributed by atoms with E-state index in [0.29, 0.717) is 12.5 Å². The van der Waals surface area contributed by atoms with Crippen LogP contribution in [0.4, 0.5) is 0 Å². The van der Waals surface area contributed by atoms with Crippen LogP contribution >= 0.6 is 11.3 Å². The average Bonchev–Trinajstić information content (AvgIpc) is 3.40. The van der Waals surface area contributed by atoms with Crippen molar-refractivity contribution in [2.75, 3.05) is 19.7 Å². The van der Waals surface area contributed by atoms with E-state index in [1.807, 2.05) is 18.7 Å². The highest BCUT2D eigenvalue weighted by Crippen LogP contribution is 2.41. The number of nitrogens with zero attached hydrogens (tertiary/aromatic N) is 3. The van der Waals surface area contributed by atoms with E-state index in [-0.39, 0.29) is 12.4 Å². The first-order valence-electron chi connectivity index (χ1n) is 12.8. The Hall–Kier alpha value is -3.55. The summed E-state index contributed by atoms with van der Waals surface area (Å²) in [7, 11) is 2.01. The number of carbonyl (C=O) groups is 1. The Morgan fingerprint density at radius 2 is 1.86 bits per heavy atom. The summed E-state index contributed by atoms with van der Waals surface area (Å²) in [5.41, 5.74) is 9.78. The highest BCUT2D eigenvalue weighted by molar-refractivity contribution is 7.22. The van der Waals surface area contributed by atoms with E-state index in [9.17, 15) is 4.79 Å². The van der Waals surface area contributed by atoms with Crippen LogP contribution in [-0.2, 0) is 23.0 Å². The normalized spacial score (nSPS) is 13.8. The summed E-state index contributed by atoms with van der Waals surface area (Å²) >= 11 is 1.69. The van der Waals surface area contributed by atoms with E-state index < -0.39 is 0 Å². The van der Waals surface area contributed by atoms with Crippen LogP contribution in [0.5, 0.6) is 0 Å². The van der Waals surface area contributed by atoms with Gasteiger partial charge in [0.05, 0.1) is 34.5 Å². The molecule has 0 spiro atoms. The molecule has 1 saturated heterocycles. The van der Waals surface area contributed by atoms with Crippen LogP contribution in [0.2, 0.25) is 0 Å². The number of ether oxygens (including phenoxy) is 1. The summed E-state index contributed by atoms with van der Waals surface area (Å²) in [5.74, 6) is 0.249. The molecule has 2 aromatic heterocycles. The SMILES string of the molecule is CCOC(=O)Cc1c(C)cc2nc(-c3ccc4c(c3)c(C3CNC3)nn4C)sc2c1-c1ccc(C)cc1. The number of aryl methyl sites for hydroxylation is 3. The second kappa shape index (κ2) is 9.39. The zero-order valence-electron chi connectivity index (χ0n) is 21.6. The van der Waals surface area contributed by atoms with E-state index in [2.05, 4.69) is 67.7 Å². The van der Waals surface area contributed by atoms with Crippen molar-refractivity contribution in [2.24, 2.45) is 7.05 Å². The van der Waals surface area contributed by atoms with Gasteiger partial charge in [-0.1, -0.05) is 29.8 Å². The fourth-order valence-corrected chi connectivity index (χ4v) is 6.31. The number of carbonyl (C=O) groups excluding carboxylic acids is 1. The van der Waals surface area contributed by atoms with Crippen LogP contribution in [0.3, 0.4) is 0 Å². The van der Waals surface area contributed by atoms with Crippen LogP contribution in [0.1, 0.15) is 35.2 Å². The lowest BCUT2D eigenvalue weighted by atomic mass is 9.93. The summed E-state index contributed by atoms with van der Waals surface area (Å²) in [6, 6.07) is 17.2. The van der Waals surface area contributed by atoms with Crippen molar-refractivity contribution in [3.63, 3.8) is 0 Å². The Morgan fingerprint density at radius 1 is 1.11 bits per heavy atom. The largest absolute Gasteiger partial charge is 0.466 e. The van der Waals surface area contributed by atoms with Crippen molar-refractivity contribution in [3.05, 3.63) is 70.9 Å². The Bertz CT molecular complexity index is 1640. The Labute approximate surface area is 220 Å². The lowest BCUT2D eigenvalue weighted by Crippen LogP contribution is -2.40. The number of rotatable bonds is 6. The smallest absolute Gasteiger partial charge is 0.310 e. The fourth-order valence-electron chi connectivity index (χ4n) is 5.18. The van der Waals surface area contributed by atoms with Gasteiger partial charge in [-0.15, -0.1) is 11.3 Å². The van der Waals surface area contributed by atoms with Gasteiger partial charge in [0.15, 0.2) is 0 Å². The number of benzene rings is 3. The Morgan fingerprint density at radius 3 is 2.57 bits per heavy atom. The van der Waals surface area contributed by atoms with Gasteiger partial charge in [0.2, 0.25) is 0 Å². The molecule has 3 aromatic carbocycles. The third kappa shape index (κ3) is 4.22. The molecule has 37 heavy (non-hydrogen) atoms. The highest BCUT2D eigenvalue weighted by Gasteiger charge is 2.25. The predicted octanol–water partition coefficient (Wildman–Crippen LogP) is 5.93. The van der Waals surface area contributed by atoms with Gasteiger partial charge >= 0.3 is 5.97 Å². The van der Waals surface area contributed by atoms with E-state index in [1.54, 1.807) is 11.3 Å². The van der Waals surface area contributed by atoms with Crippen molar-refractivity contribution in [3.8, 4) is 21.7 Å². The third-order valence-corrected chi connectivity index (χ3v) is 8.41. The van der Waals surface area contributed by atoms with E-state index in [4.69, 9.17) is 14.8 Å². The zero-order chi connectivity index (χ0) is 25.7. The molecule has 5 aromatic rings. The number of nitrogens with one attached hydrogen (secondary N) is 1. The molecule has 0 radical (unpaired) electrons. The molecule has 6 rings (SSSR count). The molecule has 188 valence electrons. The highest BCUT2D eigenvalue weighted by atomic mass is 32.1. The standard InChI is InChI=1S/C30H30N4O2S/c1-5-36-26(35)14-22-18(3)12-24-29(27(22)19-8-6-17(2)7-9-19)37-30(32-24)20-10-11-25-23(13-20)28(33-34(25)4)21-15-31-16-21/h6-13,21,31H,5,14-16H2,1-4H3. The van der Waals surface area contributed by atoms with Crippen molar-refractivity contribution < 1.29 is 9.53 Å². The quantitative estimate of drug-likeness (QED) is 0.287. The monoisotopic (exact) mass is 510 g/mol. The molecular formula is C30H30N4O2S. The lowest BCUT2D eigenvalue weighted by Gasteiger charge is -2.25. The molecule has 0 atom stereocenters. The second-order valence-electron chi connectivity index (χ2n) is 9.86. The van der Waals surface area contributed by atoms with Crippen molar-refractivity contribution >= 4 is 38.4 Å². The van der Waals surface area contributed by atoms with Gasteiger partial charge in [-0.2, -0.15) is 5.10 Å². The summed E-state index contributed by atoms with van der Waals surface area (Å²) in [5, 5.41) is 10.4. The maximum absolute atomic E-state index is 12.6. The Kier molecular flexibility index (Phi) is 6.05. The average molecular weight is 511 g/mol. The molecule has 1 aliphatic rings. The van der Waals surface area contributed by atoms with E-state index >= 15 is 0 Å². The number of aromatic nitrogens is 3. The Balaban J connectivity index is 1.52. The zero-order valence-corrected chi connectivity index (χ0v) is 22.4. The molecule has 3 heterocycles. The topological polar surface area (TPSA) is 69.0 Å². The minimum absolute atomic E-state index is 0.205. The number of hydrogen-bond acceptors (Lipinski definition) is 6. The van der Waals surface area contributed by atoms with Crippen molar-refractivity contribution in [1.82, 2.24) is 20.1 Å². The number of esters is 1. The number of fused-ring (bicyclic) bond motifs is 2. The first-order valence-corrected chi connectivity index (χ1v) is 13.6. The fraction of sp³-hybridized carbons (Fsp3) is 0.300. The molecule has 0 saturated carbocycles. The minimum atomic E-state index is -0.205. The molecule has 0 unspecified atom stereocenters. The van der Waals surface area contributed by atoms with Crippen LogP contribution in [-0.4, -0.2) is 40.4 Å². The van der Waals surface area contributed by atoms with Gasteiger partial charge in [0, 0.05) is 42.6 Å². The van der Waals surface area contributed by atoms with Crippen LogP contribution in [0, 0.1) is 13.8 Å². The molecule has 6 nitrogen and oxygen atoms in total. The first kappa shape index (κ1) is 23.8. The molecular weight excluding hydrogens is 480 g/mol. The van der Waals surface area contributed by atoms with Gasteiger partial charge in [-0.25, -0.2) is 4.98 Å². The van der Waals surface area contributed by atoms with Gasteiger partial charge in [0.25, 0.3) is 0 Å². The summed E-state index contributed by atoms with van der Waals surface area (Å²) in [6.07, 6.45) is 0.243. The third-order valence-electron chi connectivity index (χ3n) is 7.27. The summed E-state index contributed by atoms with van der Waals surface area (Å²) in [4.78, 5) is 17.7. The number of thiazole rings is 1. The first-order chi connectivity index (χ1) is 17.9. The molecule has 1 aliphatic heterocycles. The minimum Gasteiger partial charge on any atom is -0.466 e. The summed E-state index contributed by atoms with van der Waals surface area (Å²) < 4.78 is 8.39. The second-order valence-corrected chi connectivity index (χ2v) is 10.9. The van der Waals surface area contributed by atoms with Gasteiger partial charge in [0.1, 0.15) is 5.01 Å². The lowest BCUT2D eigenvalue weighted by molar-refractivity contribution is -0.142. The van der Waals surface area contributed by atoms with Crippen LogP contribution in [0.25, 0.3) is 42.8 Å². The maximum Gasteiger partial charge on any atom is 0.310 e. The van der Waals surface area contributed by atoms with Crippen molar-refractivity contribution in [2.45, 2.75) is 33.1 Å². The molecule has 1 N–H and O–H groups in total. The van der Waals surface area contributed by atoms with E-state index in [0.717, 1.165) is 67.3 Å². The van der Waals surface area contributed by atoms with Gasteiger partial charge in [-0.3, -0.25) is 9.48 Å². The molecule has 0 amide bonds. The molecule has 0 bridgehead atoms. The van der Waals surface area contributed by atoms with Crippen LogP contribution < -0.4 is 5.32 Å². The molecule has 1 fully saturated rings. The molecule has 0 aliphatic carbocycles. The predicted molar refractivity (Wildman–Crippen MR) is 150 cm³/mol. The van der Waals surface area contributed by atoms with Crippen molar-refractivity contribution in [1.29, 1.82) is 0 Å². The van der Waals surface area contributed by atoms with Gasteiger partial charge in [-0.05, 0) is 61.7 Å².